The second kappa shape index (κ2) is 6.76. The molecule has 152 valence electrons. The molecule has 0 radical (unpaired) electrons. The van der Waals surface area contributed by atoms with E-state index in [4.69, 9.17) is 0 Å². The van der Waals surface area contributed by atoms with Crippen LogP contribution in [0.25, 0.3) is 16.5 Å². The Labute approximate surface area is 168 Å². The van der Waals surface area contributed by atoms with Crippen LogP contribution >= 0.6 is 11.8 Å². The molecule has 1 aliphatic carbocycles. The molecule has 1 saturated carbocycles. The van der Waals surface area contributed by atoms with E-state index in [1.165, 1.54) is 13.8 Å². The highest BCUT2D eigenvalue weighted by molar-refractivity contribution is 8.01. The van der Waals surface area contributed by atoms with Gasteiger partial charge in [-0.1, -0.05) is 42.1 Å². The third-order valence-corrected chi connectivity index (χ3v) is 6.07. The molecule has 2 aromatic carbocycles. The van der Waals surface area contributed by atoms with Crippen LogP contribution in [0.1, 0.15) is 44.0 Å². The van der Waals surface area contributed by atoms with Crippen LogP contribution in [0.15, 0.2) is 41.6 Å². The first kappa shape index (κ1) is 19.8. The predicted molar refractivity (Wildman–Crippen MR) is 103 cm³/mol. The van der Waals surface area contributed by atoms with Crippen LogP contribution in [-0.4, -0.2) is 30.6 Å². The molecule has 9 heteroatoms. The molecule has 0 saturated heterocycles. The maximum atomic E-state index is 13.7. The minimum Gasteiger partial charge on any atom is -0.480 e. The molecule has 0 bridgehead atoms. The predicted octanol–water partition coefficient (Wildman–Crippen LogP) is 5.27. The van der Waals surface area contributed by atoms with Gasteiger partial charge in [0.1, 0.15) is 4.75 Å². The number of aliphatic carboxylic acids is 1. The highest BCUT2D eigenvalue weighted by Gasteiger charge is 2.41. The fourth-order valence-electron chi connectivity index (χ4n) is 3.26. The molecule has 3 aromatic rings. The summed E-state index contributed by atoms with van der Waals surface area (Å²) in [6, 6.07) is 10.8. The van der Waals surface area contributed by atoms with Crippen LogP contribution in [0, 0.1) is 0 Å². The summed E-state index contributed by atoms with van der Waals surface area (Å²) in [5.41, 5.74) is 1.40. The van der Waals surface area contributed by atoms with Crippen LogP contribution in [-0.2, 0) is 11.0 Å². The van der Waals surface area contributed by atoms with Gasteiger partial charge in [-0.05, 0) is 49.6 Å². The molecular formula is C20H18F3N3O2S. The van der Waals surface area contributed by atoms with Crippen molar-refractivity contribution in [2.75, 3.05) is 0 Å². The van der Waals surface area contributed by atoms with Crippen molar-refractivity contribution in [1.82, 2.24) is 14.8 Å². The molecule has 0 aliphatic heterocycles. The van der Waals surface area contributed by atoms with E-state index in [0.717, 1.165) is 40.1 Å². The number of carboxylic acid groups (broad SMARTS) is 1. The van der Waals surface area contributed by atoms with Crippen molar-refractivity contribution in [3.63, 3.8) is 0 Å². The van der Waals surface area contributed by atoms with Crippen molar-refractivity contribution in [1.29, 1.82) is 0 Å². The number of carboxylic acids is 1. The molecule has 0 atom stereocenters. The van der Waals surface area contributed by atoms with E-state index in [-0.39, 0.29) is 10.8 Å². The summed E-state index contributed by atoms with van der Waals surface area (Å²) in [5.74, 6) is -1.90. The van der Waals surface area contributed by atoms with Crippen molar-refractivity contribution in [2.24, 2.45) is 0 Å². The number of fused-ring (bicyclic) bond motifs is 1. The molecule has 0 spiro atoms. The number of alkyl halides is 3. The maximum absolute atomic E-state index is 13.7. The molecule has 1 aromatic heterocycles. The zero-order chi connectivity index (χ0) is 21.0. The molecule has 29 heavy (non-hydrogen) atoms. The molecule has 1 heterocycles. The highest BCUT2D eigenvalue weighted by Crippen LogP contribution is 2.45. The maximum Gasteiger partial charge on any atom is 0.452 e. The lowest BCUT2D eigenvalue weighted by molar-refractivity contribution is -0.146. The largest absolute Gasteiger partial charge is 0.480 e. The lowest BCUT2D eigenvalue weighted by Gasteiger charge is -2.20. The Morgan fingerprint density at radius 3 is 2.34 bits per heavy atom. The highest BCUT2D eigenvalue weighted by atomic mass is 32.2. The number of aromatic nitrogens is 3. The van der Waals surface area contributed by atoms with Crippen molar-refractivity contribution < 1.29 is 23.1 Å². The average Bonchev–Trinajstić information content (AvgIpc) is 3.40. The van der Waals surface area contributed by atoms with Crippen LogP contribution in [0.3, 0.4) is 0 Å². The molecule has 4 rings (SSSR count). The Bertz CT molecular complexity index is 1100. The Kier molecular flexibility index (Phi) is 4.60. The van der Waals surface area contributed by atoms with Gasteiger partial charge in [-0.15, -0.1) is 10.2 Å². The van der Waals surface area contributed by atoms with E-state index in [1.807, 2.05) is 18.2 Å². The molecule has 0 amide bonds. The van der Waals surface area contributed by atoms with Crippen molar-refractivity contribution >= 4 is 28.5 Å². The van der Waals surface area contributed by atoms with E-state index in [9.17, 15) is 23.1 Å². The number of hydrogen-bond donors (Lipinski definition) is 1. The summed E-state index contributed by atoms with van der Waals surface area (Å²) in [4.78, 5) is 11.5. The lowest BCUT2D eigenvalue weighted by atomic mass is 9.99. The second-order valence-electron chi connectivity index (χ2n) is 7.55. The number of halogens is 3. The van der Waals surface area contributed by atoms with Gasteiger partial charge in [0.2, 0.25) is 5.82 Å². The third kappa shape index (κ3) is 3.59. The number of rotatable bonds is 5. The summed E-state index contributed by atoms with van der Waals surface area (Å²) < 4.78 is 40.7. The standard InChI is InChI=1S/C20H18F3N3O2S/c1-19(2,17(27)28)29-18-25-24-16(20(21,22)23)26(18)15-10-9-12(11-7-8-11)13-5-3-4-6-14(13)15/h3-6,9-11H,7-8H2,1-2H3,(H,27,28). The van der Waals surface area contributed by atoms with Crippen molar-refractivity contribution in [2.45, 2.75) is 48.7 Å². The number of thioether (sulfide) groups is 1. The first-order chi connectivity index (χ1) is 13.6. The topological polar surface area (TPSA) is 68.0 Å². The third-order valence-electron chi connectivity index (χ3n) is 4.94. The van der Waals surface area contributed by atoms with Gasteiger partial charge in [0.15, 0.2) is 5.16 Å². The van der Waals surface area contributed by atoms with Crippen LogP contribution in [0.2, 0.25) is 0 Å². The fraction of sp³-hybridized carbons (Fsp3) is 0.350. The van der Waals surface area contributed by atoms with E-state index < -0.39 is 22.7 Å². The van der Waals surface area contributed by atoms with Gasteiger partial charge in [-0.3, -0.25) is 9.36 Å². The Morgan fingerprint density at radius 1 is 1.10 bits per heavy atom. The van der Waals surface area contributed by atoms with Crippen LogP contribution < -0.4 is 0 Å². The van der Waals surface area contributed by atoms with Gasteiger partial charge in [0, 0.05) is 5.39 Å². The second-order valence-corrected chi connectivity index (χ2v) is 9.14. The minimum absolute atomic E-state index is 0.117. The minimum atomic E-state index is -4.74. The van der Waals surface area contributed by atoms with Gasteiger partial charge in [-0.25, -0.2) is 0 Å². The van der Waals surface area contributed by atoms with E-state index in [1.54, 1.807) is 18.2 Å². The first-order valence-electron chi connectivity index (χ1n) is 9.06. The summed E-state index contributed by atoms with van der Waals surface area (Å²) in [7, 11) is 0. The van der Waals surface area contributed by atoms with Gasteiger partial charge in [0.05, 0.1) is 5.69 Å². The SMILES string of the molecule is CC(C)(Sc1nnc(C(F)(F)F)n1-c1ccc(C2CC2)c2ccccc12)C(=O)O. The summed E-state index contributed by atoms with van der Waals surface area (Å²) in [6.07, 6.45) is -2.61. The van der Waals surface area contributed by atoms with Gasteiger partial charge >= 0.3 is 12.1 Å². The molecule has 5 nitrogen and oxygen atoms in total. The van der Waals surface area contributed by atoms with E-state index >= 15 is 0 Å². The first-order valence-corrected chi connectivity index (χ1v) is 9.88. The van der Waals surface area contributed by atoms with E-state index in [2.05, 4.69) is 10.2 Å². The lowest BCUT2D eigenvalue weighted by Crippen LogP contribution is -2.27. The summed E-state index contributed by atoms with van der Waals surface area (Å²) in [5, 5.41) is 17.9. The Balaban J connectivity index is 1.96. The summed E-state index contributed by atoms with van der Waals surface area (Å²) >= 11 is 0.734. The van der Waals surface area contributed by atoms with Gasteiger partial charge in [-0.2, -0.15) is 13.2 Å². The normalized spacial score (nSPS) is 15.1. The fourth-order valence-corrected chi connectivity index (χ4v) is 4.16. The molecule has 1 fully saturated rings. The molecule has 1 N–H and O–H groups in total. The molecule has 1 aliphatic rings. The quantitative estimate of drug-likeness (QED) is 0.569. The van der Waals surface area contributed by atoms with E-state index in [0.29, 0.717) is 11.3 Å². The monoisotopic (exact) mass is 421 g/mol. The van der Waals surface area contributed by atoms with Crippen molar-refractivity contribution in [3.8, 4) is 5.69 Å². The molecule has 0 unspecified atom stereocenters. The number of hydrogen-bond acceptors (Lipinski definition) is 4. The van der Waals surface area contributed by atoms with Crippen LogP contribution in [0.5, 0.6) is 0 Å². The zero-order valence-corrected chi connectivity index (χ0v) is 16.5. The number of nitrogens with zero attached hydrogens (tertiary/aromatic N) is 3. The number of benzene rings is 2. The Hall–Kier alpha value is -2.55. The van der Waals surface area contributed by atoms with Gasteiger partial charge in [0.25, 0.3) is 0 Å². The van der Waals surface area contributed by atoms with Crippen LogP contribution in [0.4, 0.5) is 13.2 Å². The van der Waals surface area contributed by atoms with Crippen molar-refractivity contribution in [3.05, 3.63) is 47.8 Å². The molecular weight excluding hydrogens is 403 g/mol. The zero-order valence-electron chi connectivity index (χ0n) is 15.7. The number of carbonyl (C=O) groups is 1. The smallest absolute Gasteiger partial charge is 0.452 e. The average molecular weight is 421 g/mol. The van der Waals surface area contributed by atoms with Gasteiger partial charge < -0.3 is 5.11 Å². The Morgan fingerprint density at radius 2 is 1.76 bits per heavy atom. The summed E-state index contributed by atoms with van der Waals surface area (Å²) in [6.45, 7) is 2.83.